The van der Waals surface area contributed by atoms with E-state index in [1.165, 1.54) is 6.20 Å². The van der Waals surface area contributed by atoms with Crippen LogP contribution in [-0.4, -0.2) is 27.1 Å². The lowest BCUT2D eigenvalue weighted by Gasteiger charge is -2.10. The normalized spacial score (nSPS) is 12.2. The summed E-state index contributed by atoms with van der Waals surface area (Å²) in [6.45, 7) is 0. The number of carboxylic acid groups (broad SMARTS) is 2. The largest absolute Gasteiger partial charge is 0.481 e. The van der Waals surface area contributed by atoms with Crippen LogP contribution in [0.5, 0.6) is 0 Å². The number of aliphatic carboxylic acids is 2. The molecule has 2 rings (SSSR count). The number of carbonyl (C=O) groups is 2. The topological polar surface area (TPSA) is 87.5 Å². The fraction of sp³-hybridized carbons (Fsp3) is 0.154. The summed E-state index contributed by atoms with van der Waals surface area (Å²) in [5.74, 6) is -3.37. The van der Waals surface area contributed by atoms with Crippen LogP contribution in [0.15, 0.2) is 36.5 Å². The average Bonchev–Trinajstić information content (AvgIpc) is 2.35. The molecule has 1 heterocycles. The molecule has 0 radical (unpaired) electrons. The van der Waals surface area contributed by atoms with Gasteiger partial charge in [-0.05, 0) is 17.7 Å². The van der Waals surface area contributed by atoms with E-state index in [1.807, 2.05) is 24.3 Å². The zero-order chi connectivity index (χ0) is 13.1. The minimum Gasteiger partial charge on any atom is -0.481 e. The van der Waals surface area contributed by atoms with Crippen LogP contribution in [0.25, 0.3) is 10.9 Å². The van der Waals surface area contributed by atoms with E-state index in [4.69, 9.17) is 10.2 Å². The minimum atomic E-state index is -1.16. The third kappa shape index (κ3) is 2.45. The van der Waals surface area contributed by atoms with E-state index in [0.29, 0.717) is 5.56 Å². The summed E-state index contributed by atoms with van der Waals surface area (Å²) in [7, 11) is 0. The molecule has 1 unspecified atom stereocenters. The van der Waals surface area contributed by atoms with Crippen LogP contribution in [0.2, 0.25) is 0 Å². The van der Waals surface area contributed by atoms with E-state index in [2.05, 4.69) is 4.98 Å². The van der Waals surface area contributed by atoms with Gasteiger partial charge in [0.25, 0.3) is 0 Å². The highest BCUT2D eigenvalue weighted by molar-refractivity contribution is 5.85. The Hall–Kier alpha value is -2.43. The van der Waals surface area contributed by atoms with Crippen molar-refractivity contribution in [3.05, 3.63) is 42.1 Å². The quantitative estimate of drug-likeness (QED) is 0.858. The highest BCUT2D eigenvalue weighted by atomic mass is 16.4. The molecule has 0 amide bonds. The molecule has 1 atom stereocenters. The Labute approximate surface area is 103 Å². The van der Waals surface area contributed by atoms with Crippen LogP contribution in [0.1, 0.15) is 17.9 Å². The van der Waals surface area contributed by atoms with Gasteiger partial charge in [-0.2, -0.15) is 0 Å². The number of rotatable bonds is 4. The number of pyridine rings is 1. The van der Waals surface area contributed by atoms with Crippen molar-refractivity contribution in [1.29, 1.82) is 0 Å². The molecular formula is C13H11NO4. The van der Waals surface area contributed by atoms with Crippen molar-refractivity contribution in [3.8, 4) is 0 Å². The SMILES string of the molecule is O=C(O)CC(C(=O)O)c1cnc2ccccc2c1. The summed E-state index contributed by atoms with van der Waals surface area (Å²) in [4.78, 5) is 25.9. The molecular weight excluding hydrogens is 234 g/mol. The smallest absolute Gasteiger partial charge is 0.311 e. The third-order valence-corrected chi connectivity index (χ3v) is 2.69. The summed E-state index contributed by atoms with van der Waals surface area (Å²) in [6.07, 6.45) is 0.972. The first kappa shape index (κ1) is 12.0. The molecule has 0 saturated heterocycles. The second-order valence-corrected chi connectivity index (χ2v) is 3.95. The van der Waals surface area contributed by atoms with E-state index < -0.39 is 24.3 Å². The van der Waals surface area contributed by atoms with Crippen molar-refractivity contribution in [2.24, 2.45) is 0 Å². The lowest BCUT2D eigenvalue weighted by molar-refractivity contribution is -0.145. The first-order valence-corrected chi connectivity index (χ1v) is 5.37. The predicted octanol–water partition coefficient (Wildman–Crippen LogP) is 1.88. The van der Waals surface area contributed by atoms with Crippen molar-refractivity contribution < 1.29 is 19.8 Å². The van der Waals surface area contributed by atoms with E-state index in [1.54, 1.807) is 6.07 Å². The van der Waals surface area contributed by atoms with E-state index in [9.17, 15) is 9.59 Å². The van der Waals surface area contributed by atoms with Crippen molar-refractivity contribution in [2.75, 3.05) is 0 Å². The molecule has 0 aliphatic carbocycles. The van der Waals surface area contributed by atoms with E-state index >= 15 is 0 Å². The van der Waals surface area contributed by atoms with Gasteiger partial charge in [-0.25, -0.2) is 0 Å². The Morgan fingerprint density at radius 2 is 1.94 bits per heavy atom. The highest BCUT2D eigenvalue weighted by Gasteiger charge is 2.23. The van der Waals surface area contributed by atoms with Gasteiger partial charge in [-0.15, -0.1) is 0 Å². The molecule has 0 bridgehead atoms. The monoisotopic (exact) mass is 245 g/mol. The van der Waals surface area contributed by atoms with Crippen molar-refractivity contribution in [2.45, 2.75) is 12.3 Å². The molecule has 5 heteroatoms. The van der Waals surface area contributed by atoms with E-state index in [0.717, 1.165) is 10.9 Å². The maximum atomic E-state index is 11.1. The first-order chi connectivity index (χ1) is 8.58. The van der Waals surface area contributed by atoms with Gasteiger partial charge in [0.2, 0.25) is 0 Å². The third-order valence-electron chi connectivity index (χ3n) is 2.69. The van der Waals surface area contributed by atoms with Crippen LogP contribution in [-0.2, 0) is 9.59 Å². The predicted molar refractivity (Wildman–Crippen MR) is 64.4 cm³/mol. The van der Waals surface area contributed by atoms with Gasteiger partial charge in [-0.3, -0.25) is 14.6 Å². The molecule has 18 heavy (non-hydrogen) atoms. The Morgan fingerprint density at radius 3 is 2.61 bits per heavy atom. The molecule has 1 aromatic heterocycles. The van der Waals surface area contributed by atoms with Gasteiger partial charge in [0, 0.05) is 11.6 Å². The summed E-state index contributed by atoms with van der Waals surface area (Å²) >= 11 is 0. The second-order valence-electron chi connectivity index (χ2n) is 3.95. The molecule has 5 nitrogen and oxygen atoms in total. The van der Waals surface area contributed by atoms with Gasteiger partial charge in [-0.1, -0.05) is 18.2 Å². The number of hydrogen-bond acceptors (Lipinski definition) is 3. The van der Waals surface area contributed by atoms with Crippen molar-refractivity contribution in [3.63, 3.8) is 0 Å². The number of carboxylic acids is 2. The molecule has 0 aliphatic rings. The zero-order valence-corrected chi connectivity index (χ0v) is 9.41. The maximum absolute atomic E-state index is 11.1. The molecule has 2 N–H and O–H groups in total. The lowest BCUT2D eigenvalue weighted by Crippen LogP contribution is -2.16. The molecule has 92 valence electrons. The molecule has 0 saturated carbocycles. The van der Waals surface area contributed by atoms with Crippen LogP contribution in [0.4, 0.5) is 0 Å². The Kier molecular flexibility index (Phi) is 3.23. The molecule has 0 fully saturated rings. The number of aromatic nitrogens is 1. The minimum absolute atomic E-state index is 0.406. The number of hydrogen-bond donors (Lipinski definition) is 2. The zero-order valence-electron chi connectivity index (χ0n) is 9.41. The highest BCUT2D eigenvalue weighted by Crippen LogP contribution is 2.23. The second kappa shape index (κ2) is 4.83. The summed E-state index contributed by atoms with van der Waals surface area (Å²) in [5.41, 5.74) is 1.16. The van der Waals surface area contributed by atoms with Crippen molar-refractivity contribution >= 4 is 22.8 Å². The van der Waals surface area contributed by atoms with Crippen LogP contribution >= 0.6 is 0 Å². The Morgan fingerprint density at radius 1 is 1.22 bits per heavy atom. The average molecular weight is 245 g/mol. The van der Waals surface area contributed by atoms with Gasteiger partial charge >= 0.3 is 11.9 Å². The fourth-order valence-electron chi connectivity index (χ4n) is 1.80. The molecule has 0 spiro atoms. The Bertz CT molecular complexity index is 609. The molecule has 1 aromatic carbocycles. The number of para-hydroxylation sites is 1. The summed E-state index contributed by atoms with van der Waals surface area (Å²) in [5, 5.41) is 18.6. The van der Waals surface area contributed by atoms with Crippen LogP contribution in [0, 0.1) is 0 Å². The van der Waals surface area contributed by atoms with Gasteiger partial charge in [0.1, 0.15) is 0 Å². The van der Waals surface area contributed by atoms with Gasteiger partial charge < -0.3 is 10.2 Å². The van der Waals surface area contributed by atoms with Gasteiger partial charge in [0.15, 0.2) is 0 Å². The first-order valence-electron chi connectivity index (χ1n) is 5.37. The van der Waals surface area contributed by atoms with Crippen LogP contribution in [0.3, 0.4) is 0 Å². The van der Waals surface area contributed by atoms with Crippen molar-refractivity contribution in [1.82, 2.24) is 4.98 Å². The fourth-order valence-corrected chi connectivity index (χ4v) is 1.80. The summed E-state index contributed by atoms with van der Waals surface area (Å²) in [6, 6.07) is 8.95. The standard InChI is InChI=1S/C13H11NO4/c15-12(16)6-10(13(17)18)9-5-8-3-1-2-4-11(8)14-7-9/h1-5,7,10H,6H2,(H,15,16)(H,17,18). The lowest BCUT2D eigenvalue weighted by atomic mass is 9.96. The number of fused-ring (bicyclic) bond motifs is 1. The molecule has 2 aromatic rings. The van der Waals surface area contributed by atoms with Crippen LogP contribution < -0.4 is 0 Å². The van der Waals surface area contributed by atoms with Gasteiger partial charge in [0.05, 0.1) is 17.9 Å². The van der Waals surface area contributed by atoms with E-state index in [-0.39, 0.29) is 0 Å². The summed E-state index contributed by atoms with van der Waals surface area (Å²) < 4.78 is 0. The Balaban J connectivity index is 2.44. The maximum Gasteiger partial charge on any atom is 0.311 e. The number of benzene rings is 1. The number of nitrogens with zero attached hydrogens (tertiary/aromatic N) is 1. The molecule has 0 aliphatic heterocycles.